The molecule has 0 bridgehead atoms. The fraction of sp³-hybridized carbons (Fsp3) is 0.208. The van der Waals surface area contributed by atoms with Crippen LogP contribution in [0.5, 0.6) is 17.2 Å². The fourth-order valence-electron chi connectivity index (χ4n) is 3.03. The van der Waals surface area contributed by atoms with Gasteiger partial charge in [0.25, 0.3) is 11.1 Å². The normalized spacial score (nSPS) is 14.3. The molecular weight excluding hydrogens is 480 g/mol. The molecule has 0 radical (unpaired) electrons. The van der Waals surface area contributed by atoms with Crippen LogP contribution in [0.25, 0.3) is 6.08 Å². The summed E-state index contributed by atoms with van der Waals surface area (Å²) in [5, 5.41) is 2.41. The molecule has 8 nitrogen and oxygen atoms in total. The van der Waals surface area contributed by atoms with Crippen molar-refractivity contribution in [3.8, 4) is 17.2 Å². The molecule has 1 fully saturated rings. The molecule has 3 amide bonds. The lowest BCUT2D eigenvalue weighted by molar-refractivity contribution is -0.127. The SMILES string of the molecule is C=CCOc1ccc(/C=C2/SC(=O)N(CC(=O)Nc3ccc(OC)c(Cl)c3)C2=O)cc1OCC. The Morgan fingerprint density at radius 1 is 1.15 bits per heavy atom. The van der Waals surface area contributed by atoms with E-state index in [0.717, 1.165) is 16.7 Å². The topological polar surface area (TPSA) is 94.2 Å². The van der Waals surface area contributed by atoms with Crippen LogP contribution in [-0.2, 0) is 9.59 Å². The average molecular weight is 503 g/mol. The summed E-state index contributed by atoms with van der Waals surface area (Å²) in [7, 11) is 1.48. The number of hydrogen-bond acceptors (Lipinski definition) is 7. The zero-order chi connectivity index (χ0) is 24.7. The number of anilines is 1. The van der Waals surface area contributed by atoms with Crippen molar-refractivity contribution >= 4 is 52.2 Å². The highest BCUT2D eigenvalue weighted by Crippen LogP contribution is 2.35. The molecule has 1 N–H and O–H groups in total. The summed E-state index contributed by atoms with van der Waals surface area (Å²) in [6, 6.07) is 9.91. The van der Waals surface area contributed by atoms with Crippen LogP contribution in [0.4, 0.5) is 10.5 Å². The number of methoxy groups -OCH3 is 1. The fourth-order valence-corrected chi connectivity index (χ4v) is 4.12. The van der Waals surface area contributed by atoms with E-state index in [1.54, 1.807) is 42.5 Å². The lowest BCUT2D eigenvalue weighted by Gasteiger charge is -2.13. The Labute approximate surface area is 206 Å². The molecule has 0 saturated carbocycles. The number of amides is 3. The number of nitrogens with zero attached hydrogens (tertiary/aromatic N) is 1. The predicted molar refractivity (Wildman–Crippen MR) is 133 cm³/mol. The second-order valence-electron chi connectivity index (χ2n) is 6.90. The van der Waals surface area contributed by atoms with Gasteiger partial charge >= 0.3 is 0 Å². The van der Waals surface area contributed by atoms with Crippen LogP contribution < -0.4 is 19.5 Å². The zero-order valence-electron chi connectivity index (χ0n) is 18.6. The van der Waals surface area contributed by atoms with Gasteiger partial charge in [-0.05, 0) is 60.7 Å². The Hall–Kier alpha value is -3.43. The van der Waals surface area contributed by atoms with E-state index >= 15 is 0 Å². The van der Waals surface area contributed by atoms with Crippen LogP contribution in [0.2, 0.25) is 5.02 Å². The lowest BCUT2D eigenvalue weighted by atomic mass is 10.2. The molecule has 2 aromatic rings. The highest BCUT2D eigenvalue weighted by molar-refractivity contribution is 8.18. The van der Waals surface area contributed by atoms with E-state index in [2.05, 4.69) is 11.9 Å². The highest BCUT2D eigenvalue weighted by Gasteiger charge is 2.36. The Kier molecular flexibility index (Phi) is 8.61. The van der Waals surface area contributed by atoms with Gasteiger partial charge in [-0.25, -0.2) is 0 Å². The predicted octanol–water partition coefficient (Wildman–Crippen LogP) is 4.99. The van der Waals surface area contributed by atoms with Crippen molar-refractivity contribution in [2.75, 3.05) is 32.2 Å². The van der Waals surface area contributed by atoms with Gasteiger partial charge in [-0.3, -0.25) is 19.3 Å². The number of imide groups is 1. The van der Waals surface area contributed by atoms with Gasteiger partial charge in [0.2, 0.25) is 5.91 Å². The summed E-state index contributed by atoms with van der Waals surface area (Å²) >= 11 is 6.83. The van der Waals surface area contributed by atoms with Gasteiger partial charge in [0.05, 0.1) is 23.6 Å². The molecule has 0 aliphatic carbocycles. The third kappa shape index (κ3) is 6.12. The summed E-state index contributed by atoms with van der Waals surface area (Å²) in [6.45, 7) is 5.80. The van der Waals surface area contributed by atoms with Crippen LogP contribution in [0.3, 0.4) is 0 Å². The molecule has 1 saturated heterocycles. The Balaban J connectivity index is 1.71. The molecule has 1 aliphatic rings. The third-order valence-electron chi connectivity index (χ3n) is 4.53. The van der Waals surface area contributed by atoms with Crippen molar-refractivity contribution in [1.29, 1.82) is 0 Å². The number of hydrogen-bond donors (Lipinski definition) is 1. The number of ether oxygens (including phenoxy) is 3. The van der Waals surface area contributed by atoms with Crippen molar-refractivity contribution < 1.29 is 28.6 Å². The smallest absolute Gasteiger partial charge is 0.294 e. The molecule has 2 aromatic carbocycles. The third-order valence-corrected chi connectivity index (χ3v) is 5.74. The van der Waals surface area contributed by atoms with Crippen molar-refractivity contribution in [3.63, 3.8) is 0 Å². The Morgan fingerprint density at radius 2 is 1.91 bits per heavy atom. The number of carbonyl (C=O) groups is 3. The van der Waals surface area contributed by atoms with E-state index in [9.17, 15) is 14.4 Å². The number of nitrogens with one attached hydrogen (secondary N) is 1. The summed E-state index contributed by atoms with van der Waals surface area (Å²) < 4.78 is 16.3. The molecule has 0 aromatic heterocycles. The van der Waals surface area contributed by atoms with Crippen LogP contribution >= 0.6 is 23.4 Å². The van der Waals surface area contributed by atoms with E-state index in [0.29, 0.717) is 46.7 Å². The van der Waals surface area contributed by atoms with Gasteiger partial charge in [-0.15, -0.1) is 0 Å². The van der Waals surface area contributed by atoms with Gasteiger partial charge in [-0.2, -0.15) is 0 Å². The minimum Gasteiger partial charge on any atom is -0.495 e. The van der Waals surface area contributed by atoms with Gasteiger partial charge in [0.15, 0.2) is 11.5 Å². The monoisotopic (exact) mass is 502 g/mol. The second-order valence-corrected chi connectivity index (χ2v) is 8.30. The molecule has 34 heavy (non-hydrogen) atoms. The van der Waals surface area contributed by atoms with Crippen LogP contribution in [0.15, 0.2) is 54.0 Å². The summed E-state index contributed by atoms with van der Waals surface area (Å²) in [5.41, 5.74) is 1.07. The lowest BCUT2D eigenvalue weighted by Crippen LogP contribution is -2.36. The zero-order valence-corrected chi connectivity index (χ0v) is 20.2. The first-order chi connectivity index (χ1) is 16.4. The van der Waals surface area contributed by atoms with Crippen LogP contribution in [0, 0.1) is 0 Å². The van der Waals surface area contributed by atoms with E-state index in [4.69, 9.17) is 25.8 Å². The molecule has 178 valence electrons. The van der Waals surface area contributed by atoms with Gasteiger partial charge in [-0.1, -0.05) is 30.3 Å². The molecule has 3 rings (SSSR count). The number of benzene rings is 2. The van der Waals surface area contributed by atoms with E-state index in [1.807, 2.05) is 6.92 Å². The molecule has 0 spiro atoms. The minimum absolute atomic E-state index is 0.201. The first kappa shape index (κ1) is 25.2. The maximum atomic E-state index is 12.8. The summed E-state index contributed by atoms with van der Waals surface area (Å²) in [4.78, 5) is 38.7. The standard InChI is InChI=1S/C24H23ClN2O6S/c1-4-10-33-19-8-6-15(11-20(19)32-5-2)12-21-23(29)27(24(30)34-21)14-22(28)26-16-7-9-18(31-3)17(25)13-16/h4,6-9,11-13H,1,5,10,14H2,2-3H3,(H,26,28)/b21-12+. The van der Waals surface area contributed by atoms with E-state index in [1.165, 1.54) is 13.2 Å². The maximum absolute atomic E-state index is 12.8. The number of rotatable bonds is 10. The molecule has 0 unspecified atom stereocenters. The molecular formula is C24H23ClN2O6S. The quantitative estimate of drug-likeness (QED) is 0.361. The van der Waals surface area contributed by atoms with Crippen molar-refractivity contribution in [1.82, 2.24) is 4.90 Å². The summed E-state index contributed by atoms with van der Waals surface area (Å²) in [5.74, 6) is 0.427. The second kappa shape index (κ2) is 11.6. The summed E-state index contributed by atoms with van der Waals surface area (Å²) in [6.07, 6.45) is 3.20. The molecule has 0 atom stereocenters. The number of carbonyl (C=O) groups excluding carboxylic acids is 3. The average Bonchev–Trinajstić information content (AvgIpc) is 3.06. The van der Waals surface area contributed by atoms with Crippen molar-refractivity contribution in [2.45, 2.75) is 6.92 Å². The molecule has 1 heterocycles. The molecule has 10 heteroatoms. The maximum Gasteiger partial charge on any atom is 0.294 e. The van der Waals surface area contributed by atoms with Gasteiger partial charge in [0, 0.05) is 5.69 Å². The van der Waals surface area contributed by atoms with Gasteiger partial charge in [0.1, 0.15) is 18.9 Å². The van der Waals surface area contributed by atoms with Gasteiger partial charge < -0.3 is 19.5 Å². The van der Waals surface area contributed by atoms with E-state index in [-0.39, 0.29) is 4.91 Å². The Bertz CT molecular complexity index is 1150. The Morgan fingerprint density at radius 3 is 2.59 bits per heavy atom. The highest BCUT2D eigenvalue weighted by atomic mass is 35.5. The first-order valence-corrected chi connectivity index (χ1v) is 11.4. The van der Waals surface area contributed by atoms with Crippen molar-refractivity contribution in [2.24, 2.45) is 0 Å². The first-order valence-electron chi connectivity index (χ1n) is 10.3. The largest absolute Gasteiger partial charge is 0.495 e. The number of thioether (sulfide) groups is 1. The number of halogens is 1. The van der Waals surface area contributed by atoms with Crippen LogP contribution in [0.1, 0.15) is 12.5 Å². The minimum atomic E-state index is -0.553. The molecule has 1 aliphatic heterocycles. The van der Waals surface area contributed by atoms with Crippen molar-refractivity contribution in [3.05, 3.63) is 64.5 Å². The van der Waals surface area contributed by atoms with E-state index < -0.39 is 23.6 Å². The van der Waals surface area contributed by atoms with Crippen LogP contribution in [-0.4, -0.2) is 48.8 Å².